The van der Waals surface area contributed by atoms with E-state index in [1.807, 2.05) is 13.8 Å². The number of nitrogens with one attached hydrogen (secondary N) is 1. The summed E-state index contributed by atoms with van der Waals surface area (Å²) in [6.45, 7) is 4.40. The van der Waals surface area contributed by atoms with Gasteiger partial charge in [-0.2, -0.15) is 5.10 Å². The number of aromatic nitrogens is 3. The second-order valence-corrected chi connectivity index (χ2v) is 10.1. The van der Waals surface area contributed by atoms with E-state index in [1.54, 1.807) is 35.7 Å². The molecule has 4 aromatic rings. The van der Waals surface area contributed by atoms with Gasteiger partial charge in [-0.15, -0.1) is 22.7 Å². The molecule has 0 aliphatic heterocycles. The van der Waals surface area contributed by atoms with Crippen LogP contribution in [0.15, 0.2) is 40.5 Å². The highest BCUT2D eigenvalue weighted by molar-refractivity contribution is 7.20. The average Bonchev–Trinajstić information content (AvgIpc) is 3.29. The molecule has 0 unspecified atom stereocenters. The number of anilines is 1. The molecule has 3 heterocycles. The van der Waals surface area contributed by atoms with Crippen molar-refractivity contribution in [1.29, 1.82) is 0 Å². The number of benzene rings is 1. The molecule has 0 saturated carbocycles. The van der Waals surface area contributed by atoms with Crippen molar-refractivity contribution in [2.75, 3.05) is 5.32 Å². The van der Waals surface area contributed by atoms with Gasteiger partial charge in [0, 0.05) is 22.9 Å². The van der Waals surface area contributed by atoms with Gasteiger partial charge in [-0.3, -0.25) is 14.9 Å². The van der Waals surface area contributed by atoms with Crippen LogP contribution in [0.3, 0.4) is 0 Å². The van der Waals surface area contributed by atoms with E-state index in [1.165, 1.54) is 27.4 Å². The number of nitrogens with zero attached hydrogens (tertiary/aromatic N) is 3. The van der Waals surface area contributed by atoms with Gasteiger partial charge in [-0.05, 0) is 18.1 Å². The van der Waals surface area contributed by atoms with Crippen molar-refractivity contribution in [1.82, 2.24) is 14.8 Å². The first kappa shape index (κ1) is 21.0. The molecule has 3 aromatic heterocycles. The van der Waals surface area contributed by atoms with Crippen molar-refractivity contribution in [3.05, 3.63) is 60.4 Å². The molecule has 154 valence electrons. The molecule has 10 heteroatoms. The van der Waals surface area contributed by atoms with Crippen LogP contribution in [0, 0.1) is 5.92 Å². The lowest BCUT2D eigenvalue weighted by Gasteiger charge is -2.12. The maximum atomic E-state index is 13.0. The first-order chi connectivity index (χ1) is 14.3. The number of thiophene rings is 1. The highest BCUT2D eigenvalue weighted by atomic mass is 35.5. The van der Waals surface area contributed by atoms with Crippen LogP contribution in [0.25, 0.3) is 22.0 Å². The summed E-state index contributed by atoms with van der Waals surface area (Å²) in [5.74, 6) is -0.227. The Hall–Kier alpha value is -2.26. The van der Waals surface area contributed by atoms with Crippen molar-refractivity contribution < 1.29 is 4.79 Å². The largest absolute Gasteiger partial charge is 0.296 e. The van der Waals surface area contributed by atoms with E-state index < -0.39 is 5.91 Å². The lowest BCUT2D eigenvalue weighted by atomic mass is 10.1. The minimum Gasteiger partial charge on any atom is -0.296 e. The molecule has 0 fully saturated rings. The Morgan fingerprint density at radius 3 is 2.63 bits per heavy atom. The summed E-state index contributed by atoms with van der Waals surface area (Å²) in [4.78, 5) is 30.2. The molecule has 0 spiro atoms. The van der Waals surface area contributed by atoms with E-state index in [0.717, 1.165) is 5.56 Å². The van der Waals surface area contributed by atoms with Crippen LogP contribution in [-0.2, 0) is 6.54 Å². The zero-order valence-electron chi connectivity index (χ0n) is 16.0. The summed E-state index contributed by atoms with van der Waals surface area (Å²) >= 11 is 14.7. The smallest absolute Gasteiger partial charge is 0.278 e. The van der Waals surface area contributed by atoms with Crippen LogP contribution in [0.4, 0.5) is 5.13 Å². The number of rotatable bonds is 5. The first-order valence-electron chi connectivity index (χ1n) is 9.05. The van der Waals surface area contributed by atoms with E-state index in [2.05, 4.69) is 15.4 Å². The highest BCUT2D eigenvalue weighted by Gasteiger charge is 2.19. The molecule has 0 aliphatic rings. The number of hydrogen-bond donors (Lipinski definition) is 1. The number of halogens is 2. The molecule has 4 rings (SSSR count). The number of amides is 1. The molecule has 0 radical (unpaired) electrons. The van der Waals surface area contributed by atoms with Crippen LogP contribution in [0.5, 0.6) is 0 Å². The van der Waals surface area contributed by atoms with Crippen molar-refractivity contribution >= 4 is 67.7 Å². The fourth-order valence-corrected chi connectivity index (χ4v) is 5.19. The maximum Gasteiger partial charge on any atom is 0.278 e. The fraction of sp³-hybridized carbons (Fsp3) is 0.200. The lowest BCUT2D eigenvalue weighted by molar-refractivity contribution is 0.102. The maximum absolute atomic E-state index is 13.0. The molecule has 0 saturated heterocycles. The van der Waals surface area contributed by atoms with Crippen molar-refractivity contribution in [3.63, 3.8) is 0 Å². The summed E-state index contributed by atoms with van der Waals surface area (Å²) in [7, 11) is 0. The fourth-order valence-electron chi connectivity index (χ4n) is 3.00. The average molecular weight is 479 g/mol. The second kappa shape index (κ2) is 8.47. The van der Waals surface area contributed by atoms with Gasteiger partial charge >= 0.3 is 0 Å². The Labute approximate surface area is 190 Å². The van der Waals surface area contributed by atoms with E-state index >= 15 is 0 Å². The summed E-state index contributed by atoms with van der Waals surface area (Å²) in [5.41, 5.74) is 1.32. The molecule has 0 bridgehead atoms. The van der Waals surface area contributed by atoms with Gasteiger partial charge in [-0.1, -0.05) is 55.2 Å². The summed E-state index contributed by atoms with van der Waals surface area (Å²) in [5, 5.41) is 10.3. The van der Waals surface area contributed by atoms with E-state index in [9.17, 15) is 9.59 Å². The Morgan fingerprint density at radius 1 is 1.23 bits per heavy atom. The second-order valence-electron chi connectivity index (χ2n) is 7.01. The van der Waals surface area contributed by atoms with Crippen LogP contribution in [0.1, 0.15) is 24.3 Å². The predicted molar refractivity (Wildman–Crippen MR) is 124 cm³/mol. The number of carbonyl (C=O) groups is 1. The number of hydrogen-bond acceptors (Lipinski definition) is 6. The molecule has 1 aromatic carbocycles. The third-order valence-corrected chi connectivity index (χ3v) is 6.52. The van der Waals surface area contributed by atoms with Gasteiger partial charge < -0.3 is 0 Å². The number of fused-ring (bicyclic) bond motifs is 1. The van der Waals surface area contributed by atoms with E-state index in [-0.39, 0.29) is 17.2 Å². The third kappa shape index (κ3) is 4.13. The predicted octanol–water partition coefficient (Wildman–Crippen LogP) is 5.80. The summed E-state index contributed by atoms with van der Waals surface area (Å²) < 4.78 is 2.45. The standard InChI is InChI=1S/C20H16Cl2N4O2S2/c1-10(2)8-26-19(28)12-6-4-3-5-11(12)16(25-26)18(27)24-20-23-14(9-29-20)13-7-15(21)30-17(13)22/h3-7,9-10H,8H2,1-2H3,(H,23,24,27). The topological polar surface area (TPSA) is 76.9 Å². The quantitative estimate of drug-likeness (QED) is 0.393. The van der Waals surface area contributed by atoms with Gasteiger partial charge in [0.05, 0.1) is 15.4 Å². The van der Waals surface area contributed by atoms with Gasteiger partial charge in [0.15, 0.2) is 10.8 Å². The van der Waals surface area contributed by atoms with Crippen LogP contribution < -0.4 is 10.9 Å². The molecule has 0 aliphatic carbocycles. The Morgan fingerprint density at radius 2 is 1.97 bits per heavy atom. The van der Waals surface area contributed by atoms with Crippen molar-refractivity contribution in [3.8, 4) is 11.3 Å². The SMILES string of the molecule is CC(C)Cn1nc(C(=O)Nc2nc(-c3cc(Cl)sc3Cl)cs2)c2ccccc2c1=O. The van der Waals surface area contributed by atoms with Gasteiger partial charge in [0.25, 0.3) is 11.5 Å². The Balaban J connectivity index is 1.69. The molecule has 0 atom stereocenters. The number of carbonyl (C=O) groups excluding carboxylic acids is 1. The first-order valence-corrected chi connectivity index (χ1v) is 11.5. The van der Waals surface area contributed by atoms with Gasteiger partial charge in [0.2, 0.25) is 0 Å². The molecule has 1 amide bonds. The molecule has 1 N–H and O–H groups in total. The minimum absolute atomic E-state index is 0.180. The number of thiazole rings is 1. The van der Waals surface area contributed by atoms with Crippen LogP contribution in [-0.4, -0.2) is 20.7 Å². The van der Waals surface area contributed by atoms with Gasteiger partial charge in [-0.25, -0.2) is 9.67 Å². The lowest BCUT2D eigenvalue weighted by Crippen LogP contribution is -2.29. The van der Waals surface area contributed by atoms with Crippen molar-refractivity contribution in [2.24, 2.45) is 5.92 Å². The summed E-state index contributed by atoms with van der Waals surface area (Å²) in [6, 6.07) is 8.71. The minimum atomic E-state index is -0.431. The van der Waals surface area contributed by atoms with Crippen molar-refractivity contribution in [2.45, 2.75) is 20.4 Å². The zero-order chi connectivity index (χ0) is 21.4. The Kier molecular flexibility index (Phi) is 5.92. The zero-order valence-corrected chi connectivity index (χ0v) is 19.1. The van der Waals surface area contributed by atoms with E-state index in [0.29, 0.717) is 36.8 Å². The highest BCUT2D eigenvalue weighted by Crippen LogP contribution is 2.39. The molecule has 30 heavy (non-hydrogen) atoms. The third-order valence-electron chi connectivity index (χ3n) is 4.28. The molecule has 6 nitrogen and oxygen atoms in total. The van der Waals surface area contributed by atoms with Crippen LogP contribution >= 0.6 is 45.9 Å². The normalized spacial score (nSPS) is 11.4. The van der Waals surface area contributed by atoms with Gasteiger partial charge in [0.1, 0.15) is 4.34 Å². The Bertz CT molecular complexity index is 1310. The summed E-state index contributed by atoms with van der Waals surface area (Å²) in [6.07, 6.45) is 0. The van der Waals surface area contributed by atoms with Crippen LogP contribution in [0.2, 0.25) is 8.67 Å². The monoisotopic (exact) mass is 478 g/mol. The molecular weight excluding hydrogens is 463 g/mol. The van der Waals surface area contributed by atoms with E-state index in [4.69, 9.17) is 23.2 Å². The molecular formula is C20H16Cl2N4O2S2.